The molecular formula is C25H36FN5OS. The van der Waals surface area contributed by atoms with Crippen LogP contribution in [0.3, 0.4) is 0 Å². The summed E-state index contributed by atoms with van der Waals surface area (Å²) < 4.78 is 14.0. The highest BCUT2D eigenvalue weighted by molar-refractivity contribution is 7.15. The largest absolute Gasteiger partial charge is 0.307 e. The number of unbranched alkanes of at least 4 members (excludes halogenated alkanes) is 2. The highest BCUT2D eigenvalue weighted by Crippen LogP contribution is 2.39. The number of carbonyl (C=O) groups excluding carboxylic acids is 1. The zero-order chi connectivity index (χ0) is 23.2. The number of hydrogen-bond donors (Lipinski definition) is 2. The molecule has 6 nitrogen and oxygen atoms in total. The van der Waals surface area contributed by atoms with Gasteiger partial charge in [0.15, 0.2) is 0 Å². The normalized spacial score (nSPS) is 24.4. The lowest BCUT2D eigenvalue weighted by Crippen LogP contribution is -2.48. The Morgan fingerprint density at radius 3 is 2.70 bits per heavy atom. The molecule has 1 saturated carbocycles. The molecular weight excluding hydrogens is 437 g/mol. The lowest BCUT2D eigenvalue weighted by atomic mass is 9.77. The fourth-order valence-corrected chi connectivity index (χ4v) is 6.25. The molecule has 2 aromatic heterocycles. The number of piperidine rings is 1. The third kappa shape index (κ3) is 5.96. The Kier molecular flexibility index (Phi) is 8.41. The molecule has 180 valence electrons. The molecule has 2 N–H and O–H groups in total. The number of rotatable bonds is 5. The van der Waals surface area contributed by atoms with Crippen LogP contribution >= 0.6 is 11.3 Å². The van der Waals surface area contributed by atoms with Gasteiger partial charge in [-0.2, -0.15) is 4.39 Å². The van der Waals surface area contributed by atoms with E-state index >= 15 is 0 Å². The molecule has 2 aliphatic heterocycles. The third-order valence-electron chi connectivity index (χ3n) is 7.09. The van der Waals surface area contributed by atoms with Gasteiger partial charge in [0, 0.05) is 35.7 Å². The molecule has 3 unspecified atom stereocenters. The predicted molar refractivity (Wildman–Crippen MR) is 130 cm³/mol. The van der Waals surface area contributed by atoms with Crippen LogP contribution in [0.1, 0.15) is 106 Å². The van der Waals surface area contributed by atoms with Gasteiger partial charge in [0.25, 0.3) is 0 Å². The van der Waals surface area contributed by atoms with Crippen molar-refractivity contribution in [3.05, 3.63) is 34.3 Å². The van der Waals surface area contributed by atoms with Crippen LogP contribution in [0.4, 0.5) is 9.52 Å². The van der Waals surface area contributed by atoms with E-state index < -0.39 is 0 Å². The molecule has 3 aliphatic rings. The Labute approximate surface area is 200 Å². The Bertz CT molecular complexity index is 927. The molecule has 2 aromatic rings. The van der Waals surface area contributed by atoms with Crippen LogP contribution in [0.2, 0.25) is 0 Å². The number of amides is 1. The molecule has 8 heteroatoms. The van der Waals surface area contributed by atoms with Crippen LogP contribution < -0.4 is 10.6 Å². The van der Waals surface area contributed by atoms with Gasteiger partial charge in [-0.25, -0.2) is 4.98 Å². The van der Waals surface area contributed by atoms with Gasteiger partial charge >= 0.3 is 0 Å². The van der Waals surface area contributed by atoms with Gasteiger partial charge in [0.1, 0.15) is 5.01 Å². The number of aromatic nitrogens is 3. The minimum absolute atomic E-state index is 0.000761. The molecule has 0 spiro atoms. The first-order valence-corrected chi connectivity index (χ1v) is 13.4. The maximum Gasteiger partial charge on any atom is 0.229 e. The summed E-state index contributed by atoms with van der Waals surface area (Å²) in [5, 5.41) is 16.7. The first kappa shape index (κ1) is 24.2. The number of fused-ring (bicyclic) bond motifs is 4. The number of carbonyl (C=O) groups is 1. The molecule has 0 aromatic carbocycles. The number of nitrogens with zero attached hydrogens (tertiary/aromatic N) is 3. The lowest BCUT2D eigenvalue weighted by Gasteiger charge is -2.40. The van der Waals surface area contributed by atoms with Crippen LogP contribution in [0, 0.1) is 11.9 Å². The van der Waals surface area contributed by atoms with Crippen molar-refractivity contribution in [2.24, 2.45) is 5.92 Å². The summed E-state index contributed by atoms with van der Waals surface area (Å²) in [5.74, 6) is 0.0135. The molecule has 3 atom stereocenters. The summed E-state index contributed by atoms with van der Waals surface area (Å²) in [5.41, 5.74) is 1.65. The van der Waals surface area contributed by atoms with Gasteiger partial charge in [-0.3, -0.25) is 4.79 Å². The first-order valence-electron chi connectivity index (χ1n) is 12.6. The van der Waals surface area contributed by atoms with Gasteiger partial charge in [0.05, 0.1) is 0 Å². The van der Waals surface area contributed by atoms with Crippen molar-refractivity contribution in [3.63, 3.8) is 0 Å². The van der Waals surface area contributed by atoms with E-state index in [-0.39, 0.29) is 29.9 Å². The Balaban J connectivity index is 0.000000471. The topological polar surface area (TPSA) is 79.8 Å². The maximum atomic E-state index is 14.0. The molecule has 2 bridgehead atoms. The Morgan fingerprint density at radius 2 is 1.97 bits per heavy atom. The number of hydrogen-bond acceptors (Lipinski definition) is 6. The van der Waals surface area contributed by atoms with Crippen molar-refractivity contribution in [2.45, 2.75) is 102 Å². The standard InChI is InChI=1S/C20H24FN5OS.C5H12/c21-17-15-10-13-8-12(9-16(23-13)14(15)6-7-22-17)18(27)24-20-26-25-19(28-20)11-4-2-1-3-5-11;1-3-5-4-2/h6-7,11-13,16,23H,1-5,8-10H2,(H,24,26,27);3-5H2,1-2H3. The minimum Gasteiger partial charge on any atom is -0.307 e. The zero-order valence-corrected chi connectivity index (χ0v) is 20.6. The van der Waals surface area contributed by atoms with E-state index in [1.54, 1.807) is 0 Å². The van der Waals surface area contributed by atoms with Crippen LogP contribution in [0.5, 0.6) is 0 Å². The van der Waals surface area contributed by atoms with Crippen molar-refractivity contribution < 1.29 is 9.18 Å². The quantitative estimate of drug-likeness (QED) is 0.527. The van der Waals surface area contributed by atoms with E-state index in [2.05, 4.69) is 39.7 Å². The van der Waals surface area contributed by atoms with E-state index in [4.69, 9.17) is 0 Å². The summed E-state index contributed by atoms with van der Waals surface area (Å²) in [6, 6.07) is 1.98. The van der Waals surface area contributed by atoms with Gasteiger partial charge in [-0.15, -0.1) is 10.2 Å². The Hall–Kier alpha value is -1.93. The fourth-order valence-electron chi connectivity index (χ4n) is 5.33. The molecule has 4 heterocycles. The summed E-state index contributed by atoms with van der Waals surface area (Å²) in [6.07, 6.45) is 13.7. The van der Waals surface area contributed by atoms with E-state index in [0.29, 0.717) is 35.9 Å². The lowest BCUT2D eigenvalue weighted by molar-refractivity contribution is -0.121. The first-order chi connectivity index (χ1) is 16.1. The number of nitrogens with one attached hydrogen (secondary N) is 2. The van der Waals surface area contributed by atoms with E-state index in [1.165, 1.54) is 68.9 Å². The SMILES string of the molecule is CCCCC.O=C(Nc1nnc(C2CCCCC2)s1)C1CC2Cc3c(ccnc3F)C(C1)N2. The monoisotopic (exact) mass is 473 g/mol. The third-order valence-corrected chi connectivity index (χ3v) is 8.10. The summed E-state index contributed by atoms with van der Waals surface area (Å²) in [4.78, 5) is 16.7. The van der Waals surface area contributed by atoms with Crippen molar-refractivity contribution in [3.8, 4) is 0 Å². The number of anilines is 1. The second kappa shape index (κ2) is 11.5. The van der Waals surface area contributed by atoms with Gasteiger partial charge < -0.3 is 10.6 Å². The van der Waals surface area contributed by atoms with Gasteiger partial charge in [-0.1, -0.05) is 63.7 Å². The molecule has 1 aliphatic carbocycles. The maximum absolute atomic E-state index is 14.0. The van der Waals surface area contributed by atoms with Crippen molar-refractivity contribution >= 4 is 22.4 Å². The minimum atomic E-state index is -0.374. The molecule has 5 rings (SSSR count). The van der Waals surface area contributed by atoms with Crippen LogP contribution in [-0.4, -0.2) is 27.1 Å². The predicted octanol–water partition coefficient (Wildman–Crippen LogP) is 5.92. The van der Waals surface area contributed by atoms with Crippen LogP contribution in [-0.2, 0) is 11.2 Å². The van der Waals surface area contributed by atoms with Crippen molar-refractivity contribution in [1.82, 2.24) is 20.5 Å². The van der Waals surface area contributed by atoms with Gasteiger partial charge in [-0.05, 0) is 43.7 Å². The van der Waals surface area contributed by atoms with Crippen LogP contribution in [0.25, 0.3) is 0 Å². The molecule has 33 heavy (non-hydrogen) atoms. The van der Waals surface area contributed by atoms with E-state index in [0.717, 1.165) is 10.6 Å². The van der Waals surface area contributed by atoms with Crippen LogP contribution in [0.15, 0.2) is 12.3 Å². The van der Waals surface area contributed by atoms with E-state index in [9.17, 15) is 9.18 Å². The highest BCUT2D eigenvalue weighted by Gasteiger charge is 2.38. The second-order valence-corrected chi connectivity index (χ2v) is 10.6. The second-order valence-electron chi connectivity index (χ2n) is 9.58. The average Bonchev–Trinajstić information content (AvgIpc) is 3.30. The van der Waals surface area contributed by atoms with Gasteiger partial charge in [0.2, 0.25) is 17.0 Å². The average molecular weight is 474 g/mol. The smallest absolute Gasteiger partial charge is 0.229 e. The molecule has 1 amide bonds. The molecule has 1 saturated heterocycles. The van der Waals surface area contributed by atoms with Crippen molar-refractivity contribution in [2.75, 3.05) is 5.32 Å². The summed E-state index contributed by atoms with van der Waals surface area (Å²) in [6.45, 7) is 4.42. The van der Waals surface area contributed by atoms with E-state index in [1.807, 2.05) is 6.07 Å². The van der Waals surface area contributed by atoms with Crippen molar-refractivity contribution in [1.29, 1.82) is 0 Å². The fraction of sp³-hybridized carbons (Fsp3) is 0.680. The molecule has 0 radical (unpaired) electrons. The Morgan fingerprint density at radius 1 is 1.18 bits per heavy atom. The molecule has 2 fully saturated rings. The number of halogens is 1. The zero-order valence-electron chi connectivity index (χ0n) is 19.8. The number of pyridine rings is 1. The summed E-state index contributed by atoms with van der Waals surface area (Å²) in [7, 11) is 0. The highest BCUT2D eigenvalue weighted by atomic mass is 32.1. The summed E-state index contributed by atoms with van der Waals surface area (Å²) >= 11 is 1.52.